The highest BCUT2D eigenvalue weighted by molar-refractivity contribution is 7.99. The van der Waals surface area contributed by atoms with E-state index in [1.54, 1.807) is 11.8 Å². The number of carbonyl (C=O) groups is 2. The second-order valence-corrected chi connectivity index (χ2v) is 5.76. The van der Waals surface area contributed by atoms with Crippen LogP contribution in [0.15, 0.2) is 30.3 Å². The third kappa shape index (κ3) is 5.97. The maximum Gasteiger partial charge on any atom is 0.326 e. The summed E-state index contributed by atoms with van der Waals surface area (Å²) in [6.45, 7) is 2.49. The minimum atomic E-state index is -1.04. The van der Waals surface area contributed by atoms with Gasteiger partial charge in [0.05, 0.1) is 0 Å². The number of carboxylic acid groups (broad SMARTS) is 1. The summed E-state index contributed by atoms with van der Waals surface area (Å²) in [5, 5.41) is 14.6. The molecule has 1 aromatic carbocycles. The fourth-order valence-electron chi connectivity index (χ4n) is 1.58. The summed E-state index contributed by atoms with van der Waals surface area (Å²) >= 11 is 1.64. The molecule has 0 heterocycles. The van der Waals surface area contributed by atoms with Gasteiger partial charge in [-0.2, -0.15) is 11.8 Å². The Morgan fingerprint density at radius 3 is 2.50 bits per heavy atom. The molecule has 1 rings (SSSR count). The largest absolute Gasteiger partial charge is 0.480 e. The number of carbonyl (C=O) groups excluding carboxylic acids is 1. The first-order valence-electron chi connectivity index (χ1n) is 6.36. The van der Waals surface area contributed by atoms with Gasteiger partial charge in [-0.25, -0.2) is 9.59 Å². The molecule has 20 heavy (non-hydrogen) atoms. The third-order valence-electron chi connectivity index (χ3n) is 2.84. The van der Waals surface area contributed by atoms with Crippen LogP contribution in [0.1, 0.15) is 12.5 Å². The monoisotopic (exact) mass is 296 g/mol. The Bertz CT molecular complexity index is 439. The predicted octanol–water partition coefficient (Wildman–Crippen LogP) is 1.73. The molecule has 2 atom stereocenters. The topological polar surface area (TPSA) is 78.4 Å². The molecule has 0 spiro atoms. The molecule has 0 fully saturated rings. The molecule has 5 nitrogen and oxygen atoms in total. The highest BCUT2D eigenvalue weighted by atomic mass is 32.2. The van der Waals surface area contributed by atoms with Gasteiger partial charge in [0.2, 0.25) is 0 Å². The molecular weight excluding hydrogens is 276 g/mol. The molecule has 2 amide bonds. The summed E-state index contributed by atoms with van der Waals surface area (Å²) in [5.41, 5.74) is 0.873. The molecule has 1 aromatic rings. The minimum absolute atomic E-state index is 0.266. The van der Waals surface area contributed by atoms with Gasteiger partial charge < -0.3 is 15.7 Å². The molecule has 0 aliphatic carbocycles. The molecule has 0 aliphatic heterocycles. The molecular formula is C14H20N2O3S. The average molecular weight is 296 g/mol. The summed E-state index contributed by atoms with van der Waals surface area (Å²) < 4.78 is 0. The van der Waals surface area contributed by atoms with Gasteiger partial charge in [-0.3, -0.25) is 0 Å². The van der Waals surface area contributed by atoms with Crippen molar-refractivity contribution in [2.45, 2.75) is 24.6 Å². The number of hydrogen-bond donors (Lipinski definition) is 3. The van der Waals surface area contributed by atoms with Crippen LogP contribution in [0.4, 0.5) is 4.79 Å². The smallest absolute Gasteiger partial charge is 0.326 e. The number of rotatable bonds is 7. The first kappa shape index (κ1) is 16.4. The van der Waals surface area contributed by atoms with Gasteiger partial charge in [0.15, 0.2) is 0 Å². The van der Waals surface area contributed by atoms with Crippen molar-refractivity contribution in [3.63, 3.8) is 0 Å². The predicted molar refractivity (Wildman–Crippen MR) is 81.1 cm³/mol. The number of benzene rings is 1. The average Bonchev–Trinajstić information content (AvgIpc) is 2.45. The Labute approximate surface area is 123 Å². The summed E-state index contributed by atoms with van der Waals surface area (Å²) in [7, 11) is 0. The highest BCUT2D eigenvalue weighted by Gasteiger charge is 2.20. The normalized spacial score (nSPS) is 13.3. The Morgan fingerprint density at radius 1 is 1.30 bits per heavy atom. The van der Waals surface area contributed by atoms with E-state index < -0.39 is 18.0 Å². The zero-order chi connectivity index (χ0) is 15.0. The van der Waals surface area contributed by atoms with Crippen molar-refractivity contribution in [2.24, 2.45) is 0 Å². The third-order valence-corrected chi connectivity index (χ3v) is 3.81. The van der Waals surface area contributed by atoms with E-state index in [-0.39, 0.29) is 11.7 Å². The van der Waals surface area contributed by atoms with Crippen LogP contribution >= 0.6 is 11.8 Å². The molecule has 6 heteroatoms. The molecule has 0 aliphatic rings. The zero-order valence-electron chi connectivity index (χ0n) is 11.6. The van der Waals surface area contributed by atoms with E-state index in [1.807, 2.05) is 43.5 Å². The van der Waals surface area contributed by atoms with E-state index in [4.69, 9.17) is 5.11 Å². The van der Waals surface area contributed by atoms with E-state index in [1.165, 1.54) is 0 Å². The first-order valence-corrected chi connectivity index (χ1v) is 7.65. The SMILES string of the molecule is CSC(C)CNC(=O)NC(Cc1ccccc1)C(=O)O. The summed E-state index contributed by atoms with van der Waals surface area (Å²) in [6, 6.07) is 7.85. The van der Waals surface area contributed by atoms with Gasteiger partial charge >= 0.3 is 12.0 Å². The Hall–Kier alpha value is -1.69. The molecule has 0 saturated carbocycles. The minimum Gasteiger partial charge on any atom is -0.480 e. The van der Waals surface area contributed by atoms with Crippen LogP contribution in [0, 0.1) is 0 Å². The Kier molecular flexibility index (Phi) is 6.93. The number of hydrogen-bond acceptors (Lipinski definition) is 3. The van der Waals surface area contributed by atoms with Crippen molar-refractivity contribution in [2.75, 3.05) is 12.8 Å². The fourth-order valence-corrected chi connectivity index (χ4v) is 1.83. The van der Waals surface area contributed by atoms with E-state index in [0.29, 0.717) is 6.54 Å². The standard InChI is InChI=1S/C14H20N2O3S/c1-10(20-2)9-15-14(19)16-12(13(17)18)8-11-6-4-3-5-7-11/h3-7,10,12H,8-9H2,1-2H3,(H,17,18)(H2,15,16,19). The van der Waals surface area contributed by atoms with Crippen LogP contribution in [-0.2, 0) is 11.2 Å². The van der Waals surface area contributed by atoms with Crippen molar-refractivity contribution in [1.29, 1.82) is 0 Å². The van der Waals surface area contributed by atoms with E-state index in [0.717, 1.165) is 5.56 Å². The molecule has 2 unspecified atom stereocenters. The van der Waals surface area contributed by atoms with Gasteiger partial charge in [-0.1, -0.05) is 37.3 Å². The molecule has 0 saturated heterocycles. The maximum absolute atomic E-state index is 11.7. The second-order valence-electron chi connectivity index (χ2n) is 4.48. The zero-order valence-corrected chi connectivity index (χ0v) is 12.4. The number of nitrogens with one attached hydrogen (secondary N) is 2. The lowest BCUT2D eigenvalue weighted by molar-refractivity contribution is -0.139. The molecule has 0 radical (unpaired) electrons. The Balaban J connectivity index is 2.51. The van der Waals surface area contributed by atoms with Crippen molar-refractivity contribution < 1.29 is 14.7 Å². The van der Waals surface area contributed by atoms with Crippen LogP contribution in [-0.4, -0.2) is 41.2 Å². The van der Waals surface area contributed by atoms with Crippen molar-refractivity contribution in [3.05, 3.63) is 35.9 Å². The van der Waals surface area contributed by atoms with Crippen LogP contribution in [0.3, 0.4) is 0 Å². The van der Waals surface area contributed by atoms with Crippen LogP contribution < -0.4 is 10.6 Å². The number of aliphatic carboxylic acids is 1. The van der Waals surface area contributed by atoms with Crippen LogP contribution in [0.2, 0.25) is 0 Å². The second kappa shape index (κ2) is 8.47. The van der Waals surface area contributed by atoms with Gasteiger partial charge in [-0.05, 0) is 11.8 Å². The highest BCUT2D eigenvalue weighted by Crippen LogP contribution is 2.04. The number of urea groups is 1. The summed E-state index contributed by atoms with van der Waals surface area (Å²) in [4.78, 5) is 22.9. The summed E-state index contributed by atoms with van der Waals surface area (Å²) in [6.07, 6.45) is 2.22. The van der Waals surface area contributed by atoms with Crippen molar-refractivity contribution in [3.8, 4) is 0 Å². The maximum atomic E-state index is 11.7. The molecule has 0 aromatic heterocycles. The number of thioether (sulfide) groups is 1. The number of amides is 2. The van der Waals surface area contributed by atoms with E-state index in [9.17, 15) is 9.59 Å². The van der Waals surface area contributed by atoms with Crippen LogP contribution in [0.25, 0.3) is 0 Å². The van der Waals surface area contributed by atoms with E-state index >= 15 is 0 Å². The molecule has 110 valence electrons. The van der Waals surface area contributed by atoms with E-state index in [2.05, 4.69) is 10.6 Å². The molecule has 0 bridgehead atoms. The van der Waals surface area contributed by atoms with Crippen molar-refractivity contribution in [1.82, 2.24) is 10.6 Å². The summed E-state index contributed by atoms with van der Waals surface area (Å²) in [5.74, 6) is -1.04. The van der Waals surface area contributed by atoms with Gasteiger partial charge in [0, 0.05) is 18.2 Å². The number of carboxylic acids is 1. The molecule has 3 N–H and O–H groups in total. The van der Waals surface area contributed by atoms with Crippen molar-refractivity contribution >= 4 is 23.8 Å². The first-order chi connectivity index (χ1) is 9.52. The lowest BCUT2D eigenvalue weighted by Crippen LogP contribution is -2.48. The fraction of sp³-hybridized carbons (Fsp3) is 0.429. The van der Waals surface area contributed by atoms with Gasteiger partial charge in [0.1, 0.15) is 6.04 Å². The van der Waals surface area contributed by atoms with Crippen LogP contribution in [0.5, 0.6) is 0 Å². The lowest BCUT2D eigenvalue weighted by Gasteiger charge is -2.16. The van der Waals surface area contributed by atoms with Gasteiger partial charge in [0.25, 0.3) is 0 Å². The Morgan fingerprint density at radius 2 is 1.95 bits per heavy atom. The quantitative estimate of drug-likeness (QED) is 0.716. The van der Waals surface area contributed by atoms with Gasteiger partial charge in [-0.15, -0.1) is 0 Å². The lowest BCUT2D eigenvalue weighted by atomic mass is 10.1.